The van der Waals surface area contributed by atoms with Gasteiger partial charge in [-0.15, -0.1) is 0 Å². The van der Waals surface area contributed by atoms with Gasteiger partial charge in [0.25, 0.3) is 5.91 Å². The molecule has 2 aromatic rings. The molecular formula is C34H46N4O5. The number of benzene rings is 2. The molecule has 0 aliphatic carbocycles. The van der Waals surface area contributed by atoms with Crippen molar-refractivity contribution in [2.45, 2.75) is 84.8 Å². The van der Waals surface area contributed by atoms with E-state index in [4.69, 9.17) is 0 Å². The molecule has 0 bridgehead atoms. The van der Waals surface area contributed by atoms with Gasteiger partial charge in [0, 0.05) is 55.3 Å². The van der Waals surface area contributed by atoms with Crippen LogP contribution in [0, 0.1) is 11.3 Å². The molecule has 4 rings (SSSR count). The largest absolute Gasteiger partial charge is 0.391 e. The van der Waals surface area contributed by atoms with Gasteiger partial charge >= 0.3 is 0 Å². The predicted octanol–water partition coefficient (Wildman–Crippen LogP) is 4.22. The van der Waals surface area contributed by atoms with Gasteiger partial charge in [-0.1, -0.05) is 58.0 Å². The summed E-state index contributed by atoms with van der Waals surface area (Å²) in [4.78, 5) is 55.1. The summed E-state index contributed by atoms with van der Waals surface area (Å²) in [6, 6.07) is 14.1. The van der Waals surface area contributed by atoms with Crippen molar-refractivity contribution in [3.8, 4) is 0 Å². The monoisotopic (exact) mass is 590 g/mol. The van der Waals surface area contributed by atoms with Crippen molar-refractivity contribution in [1.82, 2.24) is 10.6 Å². The van der Waals surface area contributed by atoms with Crippen LogP contribution >= 0.6 is 0 Å². The zero-order chi connectivity index (χ0) is 31.1. The van der Waals surface area contributed by atoms with Crippen LogP contribution in [0.3, 0.4) is 0 Å². The Balaban J connectivity index is 1.54. The molecule has 43 heavy (non-hydrogen) atoms. The number of aliphatic hydroxyl groups is 1. The number of amides is 4. The normalized spacial score (nSPS) is 17.6. The Kier molecular flexibility index (Phi) is 10.6. The minimum absolute atomic E-state index is 0.0107. The second-order valence-electron chi connectivity index (χ2n) is 13.1. The molecule has 2 aromatic carbocycles. The molecule has 9 heteroatoms. The highest BCUT2D eigenvalue weighted by atomic mass is 16.3. The minimum atomic E-state index is -0.990. The maximum absolute atomic E-state index is 13.8. The van der Waals surface area contributed by atoms with Crippen molar-refractivity contribution in [3.05, 3.63) is 59.7 Å². The third-order valence-corrected chi connectivity index (χ3v) is 8.23. The fourth-order valence-corrected chi connectivity index (χ4v) is 5.65. The average Bonchev–Trinajstić information content (AvgIpc) is 3.59. The van der Waals surface area contributed by atoms with Crippen LogP contribution in [-0.2, 0) is 20.8 Å². The van der Waals surface area contributed by atoms with Crippen molar-refractivity contribution >= 4 is 35.0 Å². The van der Waals surface area contributed by atoms with Gasteiger partial charge in [0.2, 0.25) is 17.7 Å². The number of hydrogen-bond acceptors (Lipinski definition) is 5. The lowest BCUT2D eigenvalue weighted by Crippen LogP contribution is -2.46. The number of nitrogens with one attached hydrogen (secondary N) is 2. The summed E-state index contributed by atoms with van der Waals surface area (Å²) in [5.41, 5.74) is 2.53. The van der Waals surface area contributed by atoms with Gasteiger partial charge in [0.05, 0.1) is 12.1 Å². The van der Waals surface area contributed by atoms with Crippen molar-refractivity contribution < 1.29 is 24.3 Å². The van der Waals surface area contributed by atoms with E-state index < -0.39 is 24.0 Å². The first kappa shape index (κ1) is 32.2. The summed E-state index contributed by atoms with van der Waals surface area (Å²) in [6.45, 7) is 9.82. The fourth-order valence-electron chi connectivity index (χ4n) is 5.65. The summed E-state index contributed by atoms with van der Waals surface area (Å²) in [6.07, 6.45) is 2.76. The number of anilines is 2. The molecule has 0 spiro atoms. The predicted molar refractivity (Wildman–Crippen MR) is 168 cm³/mol. The van der Waals surface area contributed by atoms with Crippen LogP contribution in [0.15, 0.2) is 48.5 Å². The van der Waals surface area contributed by atoms with E-state index in [2.05, 4.69) is 31.4 Å². The molecular weight excluding hydrogens is 544 g/mol. The molecule has 232 valence electrons. The lowest BCUT2D eigenvalue weighted by Gasteiger charge is -2.27. The highest BCUT2D eigenvalue weighted by molar-refractivity contribution is 6.03. The molecule has 4 amide bonds. The average molecular weight is 591 g/mol. The molecule has 3 unspecified atom stereocenters. The molecule has 0 aromatic heterocycles. The van der Waals surface area contributed by atoms with Crippen LogP contribution in [-0.4, -0.2) is 60.5 Å². The molecule has 9 nitrogen and oxygen atoms in total. The van der Waals surface area contributed by atoms with Crippen molar-refractivity contribution in [3.63, 3.8) is 0 Å². The number of rotatable bonds is 12. The van der Waals surface area contributed by atoms with E-state index in [-0.39, 0.29) is 29.6 Å². The van der Waals surface area contributed by atoms with Crippen LogP contribution in [0.1, 0.15) is 82.1 Å². The maximum Gasteiger partial charge on any atom is 0.251 e. The quantitative estimate of drug-likeness (QED) is 0.342. The molecule has 0 saturated carbocycles. The Bertz CT molecular complexity index is 1260. The Morgan fingerprint density at radius 2 is 1.51 bits per heavy atom. The summed E-state index contributed by atoms with van der Waals surface area (Å²) in [7, 11) is 0. The Labute approximate surface area is 255 Å². The van der Waals surface area contributed by atoms with Gasteiger partial charge in [0.15, 0.2) is 0 Å². The molecule has 3 atom stereocenters. The molecule has 2 fully saturated rings. The smallest absolute Gasteiger partial charge is 0.251 e. The second-order valence-corrected chi connectivity index (χ2v) is 13.1. The van der Waals surface area contributed by atoms with Crippen LogP contribution in [0.25, 0.3) is 0 Å². The number of nitrogens with zero attached hydrogens (tertiary/aromatic N) is 2. The van der Waals surface area contributed by atoms with Gasteiger partial charge in [-0.25, -0.2) is 0 Å². The lowest BCUT2D eigenvalue weighted by molar-refractivity contribution is -0.125. The van der Waals surface area contributed by atoms with E-state index in [9.17, 15) is 24.3 Å². The zero-order valence-electron chi connectivity index (χ0n) is 25.9. The number of aliphatic hydroxyl groups excluding tert-OH is 1. The van der Waals surface area contributed by atoms with E-state index in [1.165, 1.54) is 0 Å². The number of carbonyl (C=O) groups excluding carboxylic acids is 4. The molecule has 2 saturated heterocycles. The Morgan fingerprint density at radius 1 is 0.930 bits per heavy atom. The summed E-state index contributed by atoms with van der Waals surface area (Å²) in [5, 5.41) is 17.4. The van der Waals surface area contributed by atoms with Crippen molar-refractivity contribution in [2.75, 3.05) is 29.4 Å². The topological polar surface area (TPSA) is 119 Å². The van der Waals surface area contributed by atoms with Gasteiger partial charge in [-0.3, -0.25) is 19.2 Å². The summed E-state index contributed by atoms with van der Waals surface area (Å²) >= 11 is 0. The highest BCUT2D eigenvalue weighted by Crippen LogP contribution is 2.31. The van der Waals surface area contributed by atoms with Gasteiger partial charge in [0.1, 0.15) is 0 Å². The Morgan fingerprint density at radius 3 is 2.02 bits per heavy atom. The summed E-state index contributed by atoms with van der Waals surface area (Å²) in [5.74, 6) is -1.02. The molecule has 2 heterocycles. The first-order valence-electron chi connectivity index (χ1n) is 15.5. The van der Waals surface area contributed by atoms with Gasteiger partial charge in [-0.2, -0.15) is 0 Å². The van der Waals surface area contributed by atoms with Crippen LogP contribution in [0.2, 0.25) is 0 Å². The van der Waals surface area contributed by atoms with E-state index in [1.807, 2.05) is 30.3 Å². The van der Waals surface area contributed by atoms with E-state index >= 15 is 0 Å². The Hall–Kier alpha value is -3.72. The first-order chi connectivity index (χ1) is 20.4. The van der Waals surface area contributed by atoms with Crippen LogP contribution < -0.4 is 20.4 Å². The van der Waals surface area contributed by atoms with Crippen molar-refractivity contribution in [2.24, 2.45) is 11.3 Å². The third kappa shape index (κ3) is 8.89. The van der Waals surface area contributed by atoms with Crippen molar-refractivity contribution in [1.29, 1.82) is 0 Å². The lowest BCUT2D eigenvalue weighted by atomic mass is 9.91. The maximum atomic E-state index is 13.8. The fraction of sp³-hybridized carbons (Fsp3) is 0.529. The van der Waals surface area contributed by atoms with E-state index in [0.29, 0.717) is 55.8 Å². The molecule has 2 aliphatic heterocycles. The van der Waals surface area contributed by atoms with Gasteiger partial charge in [-0.05, 0) is 61.3 Å². The van der Waals surface area contributed by atoms with Crippen LogP contribution in [0.5, 0.6) is 0 Å². The number of hydrogen-bond donors (Lipinski definition) is 3. The third-order valence-electron chi connectivity index (χ3n) is 8.23. The van der Waals surface area contributed by atoms with Gasteiger partial charge < -0.3 is 25.5 Å². The van der Waals surface area contributed by atoms with E-state index in [0.717, 1.165) is 24.8 Å². The molecule has 3 N–H and O–H groups in total. The van der Waals surface area contributed by atoms with Crippen LogP contribution in [0.4, 0.5) is 11.4 Å². The first-order valence-corrected chi connectivity index (χ1v) is 15.5. The standard InChI is InChI=1S/C34H46N4O5/c1-23(32(42)35-15-14-34(2,3)4)18-29(39)28(19-24-10-6-5-7-11-24)36-33(43)25-20-26(37-16-8-12-30(37)40)22-27(21-25)38-17-9-13-31(38)41/h5-7,10-11,20-23,28-29,39H,8-9,12-19H2,1-4H3,(H,35,42)(H,36,43). The molecule has 0 radical (unpaired) electrons. The number of carbonyl (C=O) groups is 4. The SMILES string of the molecule is CC(CC(O)C(Cc1ccccc1)NC(=O)c1cc(N2CCCC2=O)cc(N2CCCC2=O)c1)C(=O)NCCC(C)(C)C. The highest BCUT2D eigenvalue weighted by Gasteiger charge is 2.30. The zero-order valence-corrected chi connectivity index (χ0v) is 25.9. The van der Waals surface area contributed by atoms with E-state index in [1.54, 1.807) is 34.9 Å². The minimum Gasteiger partial charge on any atom is -0.391 e. The second kappa shape index (κ2) is 14.2. The summed E-state index contributed by atoms with van der Waals surface area (Å²) < 4.78 is 0. The molecule has 2 aliphatic rings.